The van der Waals surface area contributed by atoms with Gasteiger partial charge in [-0.1, -0.05) is 43.1 Å². The first kappa shape index (κ1) is 26.5. The summed E-state index contributed by atoms with van der Waals surface area (Å²) in [4.78, 5) is 16.6. The Labute approximate surface area is 233 Å². The molecule has 2 unspecified atom stereocenters. The summed E-state index contributed by atoms with van der Waals surface area (Å²) in [7, 11) is 0. The minimum Gasteiger partial charge on any atom is -0.419 e. The lowest BCUT2D eigenvalue weighted by Gasteiger charge is -2.50. The molecule has 9 nitrogen and oxygen atoms in total. The Morgan fingerprint density at radius 2 is 1.90 bits per heavy atom. The molecular formula is C26H26Cl2F2N6O3. The van der Waals surface area contributed by atoms with E-state index in [0.717, 1.165) is 18.6 Å². The zero-order chi connectivity index (χ0) is 27.7. The molecule has 0 radical (unpaired) electrons. The van der Waals surface area contributed by atoms with Crippen LogP contribution in [-0.2, 0) is 10.7 Å². The van der Waals surface area contributed by atoms with Crippen LogP contribution in [-0.4, -0.2) is 67.4 Å². The number of rotatable bonds is 6. The van der Waals surface area contributed by atoms with Crippen LogP contribution >= 0.6 is 23.2 Å². The number of alkyl halides is 2. The maximum absolute atomic E-state index is 15.3. The molecule has 39 heavy (non-hydrogen) atoms. The minimum absolute atomic E-state index is 0.0132. The average Bonchev–Trinajstić information content (AvgIpc) is 3.24. The molecule has 0 bridgehead atoms. The zero-order valence-electron chi connectivity index (χ0n) is 21.2. The lowest BCUT2D eigenvalue weighted by atomic mass is 9.71. The normalized spacial score (nSPS) is 24.5. The summed E-state index contributed by atoms with van der Waals surface area (Å²) in [5.41, 5.74) is -0.639. The van der Waals surface area contributed by atoms with Gasteiger partial charge in [-0.3, -0.25) is 9.69 Å². The van der Waals surface area contributed by atoms with Crippen molar-refractivity contribution in [3.8, 4) is 0 Å². The molecule has 3 aromatic rings. The zero-order valence-corrected chi connectivity index (χ0v) is 22.7. The third kappa shape index (κ3) is 4.49. The number of halogens is 4. The average molecular weight is 579 g/mol. The Bertz CT molecular complexity index is 1420. The molecule has 2 aromatic heterocycles. The highest BCUT2D eigenvalue weighted by atomic mass is 35.5. The molecular weight excluding hydrogens is 553 g/mol. The van der Waals surface area contributed by atoms with Gasteiger partial charge < -0.3 is 14.4 Å². The monoisotopic (exact) mass is 578 g/mol. The van der Waals surface area contributed by atoms with Crippen molar-refractivity contribution in [1.29, 1.82) is 0 Å². The maximum atomic E-state index is 15.3. The number of hydrogen-bond acceptors (Lipinski definition) is 8. The summed E-state index contributed by atoms with van der Waals surface area (Å²) in [5.74, 6) is -4.87. The maximum Gasteiger partial charge on any atom is 0.349 e. The number of amides is 1. The fourth-order valence-corrected chi connectivity index (χ4v) is 6.09. The standard InChI is InChI=1S/C26H26Cl2F2N6O3/c1-24(2)9-15(24)21(37)36-12-25(13-36)11-35(22(38)19-4-3-7-31-32-19)10-16(25)20-33-34-23(39-20)26(29,30)14-5-6-17(27)18(28)8-14/h3-8,15-16,22,38H,9-13H2,1-2H3/t15-,16?,22?/m1/s1. The number of aliphatic hydroxyl groups excluding tert-OH is 1. The van der Waals surface area contributed by atoms with Gasteiger partial charge in [0.2, 0.25) is 11.8 Å². The van der Waals surface area contributed by atoms with Gasteiger partial charge in [0.1, 0.15) is 5.69 Å². The van der Waals surface area contributed by atoms with Crippen LogP contribution in [0.4, 0.5) is 8.78 Å². The predicted molar refractivity (Wildman–Crippen MR) is 136 cm³/mol. The fourth-order valence-electron chi connectivity index (χ4n) is 5.79. The molecule has 1 saturated carbocycles. The minimum atomic E-state index is -3.61. The Morgan fingerprint density at radius 3 is 2.54 bits per heavy atom. The van der Waals surface area contributed by atoms with E-state index in [0.29, 0.717) is 25.3 Å². The molecule has 1 aliphatic carbocycles. The Morgan fingerprint density at radius 1 is 1.15 bits per heavy atom. The second kappa shape index (κ2) is 9.15. The molecule has 3 fully saturated rings. The smallest absolute Gasteiger partial charge is 0.349 e. The van der Waals surface area contributed by atoms with Crippen molar-refractivity contribution in [3.63, 3.8) is 0 Å². The molecule has 13 heteroatoms. The van der Waals surface area contributed by atoms with Crippen LogP contribution in [0.15, 0.2) is 40.9 Å². The van der Waals surface area contributed by atoms with Gasteiger partial charge in [-0.2, -0.15) is 19.0 Å². The van der Waals surface area contributed by atoms with Crippen molar-refractivity contribution in [2.45, 2.75) is 38.3 Å². The second-order valence-corrected chi connectivity index (χ2v) is 12.3. The summed E-state index contributed by atoms with van der Waals surface area (Å²) in [6.45, 7) is 5.55. The first-order valence-electron chi connectivity index (χ1n) is 12.6. The van der Waals surface area contributed by atoms with E-state index in [1.165, 1.54) is 12.3 Å². The van der Waals surface area contributed by atoms with Gasteiger partial charge in [-0.05, 0) is 36.1 Å². The Balaban J connectivity index is 1.28. The predicted octanol–water partition coefficient (Wildman–Crippen LogP) is 4.27. The fraction of sp³-hybridized carbons (Fsp3) is 0.500. The topological polar surface area (TPSA) is 108 Å². The third-order valence-corrected chi connectivity index (χ3v) is 9.04. The van der Waals surface area contributed by atoms with Crippen molar-refractivity contribution >= 4 is 29.1 Å². The first-order valence-corrected chi connectivity index (χ1v) is 13.3. The van der Waals surface area contributed by atoms with Crippen LogP contribution in [0.5, 0.6) is 0 Å². The highest BCUT2D eigenvalue weighted by Crippen LogP contribution is 2.56. The van der Waals surface area contributed by atoms with Crippen molar-refractivity contribution in [2.75, 3.05) is 26.2 Å². The summed E-state index contributed by atoms with van der Waals surface area (Å²) in [5, 5.41) is 26.7. The van der Waals surface area contributed by atoms with E-state index in [2.05, 4.69) is 34.2 Å². The van der Waals surface area contributed by atoms with Gasteiger partial charge in [0.05, 0.1) is 16.0 Å². The molecule has 3 atom stereocenters. The summed E-state index contributed by atoms with van der Waals surface area (Å²) in [6, 6.07) is 6.84. The molecule has 6 rings (SSSR count). The van der Waals surface area contributed by atoms with Gasteiger partial charge in [-0.15, -0.1) is 10.2 Å². The number of carbonyl (C=O) groups excluding carboxylic acids is 1. The largest absolute Gasteiger partial charge is 0.419 e. The van der Waals surface area contributed by atoms with Crippen LogP contribution in [0, 0.1) is 16.7 Å². The van der Waals surface area contributed by atoms with Crippen LogP contribution < -0.4 is 0 Å². The molecule has 3 aliphatic rings. The van der Waals surface area contributed by atoms with Crippen molar-refractivity contribution in [2.24, 2.45) is 16.7 Å². The van der Waals surface area contributed by atoms with Crippen LogP contribution in [0.1, 0.15) is 55.5 Å². The first-order chi connectivity index (χ1) is 18.4. The summed E-state index contributed by atoms with van der Waals surface area (Å²) < 4.78 is 36.3. The van der Waals surface area contributed by atoms with E-state index in [-0.39, 0.29) is 39.7 Å². The van der Waals surface area contributed by atoms with Crippen LogP contribution in [0.3, 0.4) is 0 Å². The molecule has 1 N–H and O–H groups in total. The number of hydrogen-bond donors (Lipinski definition) is 1. The number of likely N-dealkylation sites (tertiary alicyclic amines) is 2. The van der Waals surface area contributed by atoms with Crippen molar-refractivity contribution in [1.82, 2.24) is 30.2 Å². The summed E-state index contributed by atoms with van der Waals surface area (Å²) >= 11 is 11.8. The van der Waals surface area contributed by atoms with Gasteiger partial charge in [0.15, 0.2) is 6.23 Å². The number of nitrogens with zero attached hydrogens (tertiary/aromatic N) is 6. The van der Waals surface area contributed by atoms with Crippen LogP contribution in [0.25, 0.3) is 0 Å². The number of benzene rings is 1. The molecule has 1 aromatic carbocycles. The van der Waals surface area contributed by atoms with E-state index in [1.54, 1.807) is 21.9 Å². The number of carbonyl (C=O) groups is 1. The summed E-state index contributed by atoms with van der Waals surface area (Å²) in [6.07, 6.45) is 1.27. The Hall–Kier alpha value is -2.73. The highest BCUT2D eigenvalue weighted by molar-refractivity contribution is 6.42. The molecule has 4 heterocycles. The SMILES string of the molecule is CC1(C)C[C@@H]1C(=O)N1CC2(C1)CN(C(O)c1cccnn1)CC2c1nnc(C(F)(F)c2ccc(Cl)c(Cl)c2)o1. The molecule has 1 amide bonds. The molecule has 206 valence electrons. The van der Waals surface area contributed by atoms with E-state index < -0.39 is 34.9 Å². The quantitative estimate of drug-likeness (QED) is 0.462. The van der Waals surface area contributed by atoms with E-state index in [1.807, 2.05) is 0 Å². The lowest BCUT2D eigenvalue weighted by Crippen LogP contribution is -2.62. The second-order valence-electron chi connectivity index (χ2n) is 11.5. The lowest BCUT2D eigenvalue weighted by molar-refractivity contribution is -0.146. The van der Waals surface area contributed by atoms with Gasteiger partial charge >= 0.3 is 5.92 Å². The van der Waals surface area contributed by atoms with Gasteiger partial charge in [-0.25, -0.2) is 0 Å². The van der Waals surface area contributed by atoms with Crippen molar-refractivity contribution < 1.29 is 23.1 Å². The number of aliphatic hydroxyl groups is 1. The molecule has 2 saturated heterocycles. The van der Waals surface area contributed by atoms with E-state index in [9.17, 15) is 9.90 Å². The Kier molecular flexibility index (Phi) is 6.22. The molecule has 1 spiro atoms. The van der Waals surface area contributed by atoms with Crippen LogP contribution in [0.2, 0.25) is 10.0 Å². The molecule has 2 aliphatic heterocycles. The van der Waals surface area contributed by atoms with E-state index in [4.69, 9.17) is 27.6 Å². The third-order valence-electron chi connectivity index (χ3n) is 8.30. The van der Waals surface area contributed by atoms with E-state index >= 15 is 8.78 Å². The van der Waals surface area contributed by atoms with Gasteiger partial charge in [0.25, 0.3) is 5.89 Å². The number of aromatic nitrogens is 4. The van der Waals surface area contributed by atoms with Crippen molar-refractivity contribution in [3.05, 3.63) is 69.6 Å². The highest BCUT2D eigenvalue weighted by Gasteiger charge is 2.62. The van der Waals surface area contributed by atoms with Gasteiger partial charge in [0, 0.05) is 49.3 Å².